The molecule has 1 aliphatic rings. The summed E-state index contributed by atoms with van der Waals surface area (Å²) < 4.78 is 0. The maximum absolute atomic E-state index is 12.7. The van der Waals surface area contributed by atoms with Gasteiger partial charge >= 0.3 is 0 Å². The smallest absolute Gasteiger partial charge is 0.243 e. The largest absolute Gasteiger partial charge is 0.350 e. The standard InChI is InChI=1S/C23H29N5OS/c1-15-7-9-18(10-8-15)24-20(29)14-27(4)22-21-16(2)17(3)30-23(21)26-19(25-22)13-28-11-5-6-12-28/h7-10H,5-6,11-14H2,1-4H3,(H,24,29)/p+1. The first kappa shape index (κ1) is 20.8. The Morgan fingerprint density at radius 3 is 2.53 bits per heavy atom. The third kappa shape index (κ3) is 4.47. The van der Waals surface area contributed by atoms with E-state index in [-0.39, 0.29) is 12.5 Å². The number of aryl methyl sites for hydroxylation is 3. The zero-order valence-corrected chi connectivity index (χ0v) is 19.0. The Kier molecular flexibility index (Phi) is 6.01. The summed E-state index contributed by atoms with van der Waals surface area (Å²) in [6, 6.07) is 7.86. The van der Waals surface area contributed by atoms with Crippen LogP contribution in [0.5, 0.6) is 0 Å². The molecule has 1 saturated heterocycles. The minimum absolute atomic E-state index is 0.0514. The van der Waals surface area contributed by atoms with Gasteiger partial charge in [-0.1, -0.05) is 17.7 Å². The fourth-order valence-corrected chi connectivity index (χ4v) is 5.07. The number of amides is 1. The average molecular weight is 425 g/mol. The van der Waals surface area contributed by atoms with Crippen molar-refractivity contribution in [3.8, 4) is 0 Å². The predicted molar refractivity (Wildman–Crippen MR) is 124 cm³/mol. The van der Waals surface area contributed by atoms with Crippen LogP contribution in [-0.4, -0.2) is 42.6 Å². The molecule has 4 rings (SSSR count). The normalized spacial score (nSPS) is 14.4. The van der Waals surface area contributed by atoms with Gasteiger partial charge in [0.25, 0.3) is 0 Å². The molecule has 2 N–H and O–H groups in total. The summed E-state index contributed by atoms with van der Waals surface area (Å²) >= 11 is 1.72. The molecular formula is C23H30N5OS+. The topological polar surface area (TPSA) is 62.6 Å². The quantitative estimate of drug-likeness (QED) is 0.639. The maximum atomic E-state index is 12.7. The van der Waals surface area contributed by atoms with Crippen LogP contribution in [0.2, 0.25) is 0 Å². The van der Waals surface area contributed by atoms with Gasteiger partial charge in [0.1, 0.15) is 17.2 Å². The van der Waals surface area contributed by atoms with Crippen molar-refractivity contribution in [1.29, 1.82) is 0 Å². The molecule has 3 heterocycles. The number of anilines is 2. The first-order chi connectivity index (χ1) is 14.4. The minimum Gasteiger partial charge on any atom is -0.350 e. The molecule has 2 aromatic heterocycles. The summed E-state index contributed by atoms with van der Waals surface area (Å²) in [5.74, 6) is 1.68. The summed E-state index contributed by atoms with van der Waals surface area (Å²) in [5, 5.41) is 4.06. The summed E-state index contributed by atoms with van der Waals surface area (Å²) in [5.41, 5.74) is 3.19. The van der Waals surface area contributed by atoms with Crippen molar-refractivity contribution >= 4 is 39.0 Å². The highest BCUT2D eigenvalue weighted by atomic mass is 32.1. The van der Waals surface area contributed by atoms with Crippen LogP contribution in [0.15, 0.2) is 24.3 Å². The Labute approximate surface area is 181 Å². The van der Waals surface area contributed by atoms with Gasteiger partial charge < -0.3 is 15.1 Å². The van der Waals surface area contributed by atoms with Gasteiger partial charge in [0, 0.05) is 30.5 Å². The first-order valence-corrected chi connectivity index (χ1v) is 11.4. The number of rotatable bonds is 6. The van der Waals surface area contributed by atoms with Crippen molar-refractivity contribution in [3.63, 3.8) is 0 Å². The second-order valence-electron chi connectivity index (χ2n) is 8.33. The maximum Gasteiger partial charge on any atom is 0.243 e. The molecule has 3 aromatic rings. The summed E-state index contributed by atoms with van der Waals surface area (Å²) in [7, 11) is 1.94. The van der Waals surface area contributed by atoms with Gasteiger partial charge in [-0.15, -0.1) is 11.3 Å². The molecule has 1 amide bonds. The number of carbonyl (C=O) groups excluding carboxylic acids is 1. The summed E-state index contributed by atoms with van der Waals surface area (Å²) in [6.07, 6.45) is 2.56. The highest BCUT2D eigenvalue weighted by Gasteiger charge is 2.22. The number of aromatic nitrogens is 2. The highest BCUT2D eigenvalue weighted by Crippen LogP contribution is 2.34. The van der Waals surface area contributed by atoms with Gasteiger partial charge in [-0.05, 0) is 38.5 Å². The Balaban J connectivity index is 1.58. The molecule has 1 aliphatic heterocycles. The molecule has 0 bridgehead atoms. The molecule has 1 aromatic carbocycles. The minimum atomic E-state index is -0.0514. The van der Waals surface area contributed by atoms with Crippen LogP contribution >= 0.6 is 11.3 Å². The van der Waals surface area contributed by atoms with Crippen LogP contribution in [0, 0.1) is 20.8 Å². The lowest BCUT2D eigenvalue weighted by Gasteiger charge is -2.20. The Morgan fingerprint density at radius 1 is 1.13 bits per heavy atom. The fourth-order valence-electron chi connectivity index (χ4n) is 4.03. The second-order valence-corrected chi connectivity index (χ2v) is 9.53. The number of hydrogen-bond acceptors (Lipinski definition) is 5. The third-order valence-corrected chi connectivity index (χ3v) is 6.95. The Hall–Kier alpha value is -2.51. The highest BCUT2D eigenvalue weighted by molar-refractivity contribution is 7.18. The monoisotopic (exact) mass is 424 g/mol. The van der Waals surface area contributed by atoms with Crippen LogP contribution in [0.3, 0.4) is 0 Å². The van der Waals surface area contributed by atoms with Crippen LogP contribution in [-0.2, 0) is 11.3 Å². The van der Waals surface area contributed by atoms with Crippen molar-refractivity contribution in [2.24, 2.45) is 0 Å². The molecule has 0 saturated carbocycles. The molecule has 30 heavy (non-hydrogen) atoms. The molecule has 158 valence electrons. The molecule has 7 heteroatoms. The number of fused-ring (bicyclic) bond motifs is 1. The van der Waals surface area contributed by atoms with Crippen LogP contribution in [0.1, 0.15) is 34.7 Å². The van der Waals surface area contributed by atoms with E-state index in [9.17, 15) is 4.79 Å². The third-order valence-electron chi connectivity index (χ3n) is 5.85. The number of likely N-dealkylation sites (N-methyl/N-ethyl adjacent to an activating group) is 1. The Morgan fingerprint density at radius 2 is 1.83 bits per heavy atom. The Bertz CT molecular complexity index is 1050. The number of nitrogens with one attached hydrogen (secondary N) is 2. The fraction of sp³-hybridized carbons (Fsp3) is 0.435. The van der Waals surface area contributed by atoms with Crippen LogP contribution < -0.4 is 15.1 Å². The number of hydrogen-bond donors (Lipinski definition) is 2. The average Bonchev–Trinajstić information content (AvgIpc) is 3.31. The van der Waals surface area contributed by atoms with E-state index < -0.39 is 0 Å². The van der Waals surface area contributed by atoms with Crippen molar-refractivity contribution in [1.82, 2.24) is 9.97 Å². The zero-order valence-electron chi connectivity index (χ0n) is 18.2. The number of likely N-dealkylation sites (tertiary alicyclic amines) is 1. The molecular weight excluding hydrogens is 394 g/mol. The van der Waals surface area contributed by atoms with E-state index in [0.29, 0.717) is 0 Å². The van der Waals surface area contributed by atoms with Crippen molar-refractivity contribution in [2.75, 3.05) is 36.9 Å². The van der Waals surface area contributed by atoms with E-state index in [4.69, 9.17) is 9.97 Å². The van der Waals surface area contributed by atoms with E-state index in [2.05, 4.69) is 19.2 Å². The molecule has 0 aliphatic carbocycles. The number of thiophene rings is 1. The van der Waals surface area contributed by atoms with Crippen LogP contribution in [0.25, 0.3) is 10.2 Å². The molecule has 0 atom stereocenters. The van der Waals surface area contributed by atoms with E-state index in [1.807, 2.05) is 43.1 Å². The van der Waals surface area contributed by atoms with Gasteiger partial charge in [0.2, 0.25) is 5.91 Å². The van der Waals surface area contributed by atoms with Gasteiger partial charge in [0.15, 0.2) is 5.82 Å². The predicted octanol–water partition coefficient (Wildman–Crippen LogP) is 2.87. The van der Waals surface area contributed by atoms with Crippen molar-refractivity contribution in [3.05, 3.63) is 46.1 Å². The SMILES string of the molecule is Cc1ccc(NC(=O)CN(C)c2nc(C[NH+]3CCCC3)nc3sc(C)c(C)c23)cc1. The van der Waals surface area contributed by atoms with E-state index in [1.165, 1.54) is 41.9 Å². The van der Waals surface area contributed by atoms with Crippen LogP contribution in [0.4, 0.5) is 11.5 Å². The first-order valence-electron chi connectivity index (χ1n) is 10.6. The van der Waals surface area contributed by atoms with Gasteiger partial charge in [-0.3, -0.25) is 4.79 Å². The lowest BCUT2D eigenvalue weighted by molar-refractivity contribution is -0.902. The molecule has 0 spiro atoms. The van der Waals surface area contributed by atoms with Gasteiger partial charge in [-0.25, -0.2) is 9.97 Å². The molecule has 6 nitrogen and oxygen atoms in total. The van der Waals surface area contributed by atoms with E-state index in [1.54, 1.807) is 16.2 Å². The summed E-state index contributed by atoms with van der Waals surface area (Å²) in [4.78, 5) is 28.3. The van der Waals surface area contributed by atoms with Crippen molar-refractivity contribution in [2.45, 2.75) is 40.2 Å². The lowest BCUT2D eigenvalue weighted by atomic mass is 10.2. The van der Waals surface area contributed by atoms with Crippen molar-refractivity contribution < 1.29 is 9.69 Å². The van der Waals surface area contributed by atoms with Gasteiger partial charge in [0.05, 0.1) is 25.0 Å². The summed E-state index contributed by atoms with van der Waals surface area (Å²) in [6.45, 7) is 9.74. The van der Waals surface area contributed by atoms with E-state index >= 15 is 0 Å². The number of benzene rings is 1. The zero-order chi connectivity index (χ0) is 21.3. The lowest BCUT2D eigenvalue weighted by Crippen LogP contribution is -3.08. The molecule has 0 unspecified atom stereocenters. The molecule has 0 radical (unpaired) electrons. The van der Waals surface area contributed by atoms with Gasteiger partial charge in [-0.2, -0.15) is 0 Å². The number of quaternary nitrogens is 1. The molecule has 1 fully saturated rings. The number of nitrogens with zero attached hydrogens (tertiary/aromatic N) is 3. The number of carbonyl (C=O) groups is 1. The van der Waals surface area contributed by atoms with E-state index in [0.717, 1.165) is 34.1 Å². The second kappa shape index (κ2) is 8.70.